The zero-order valence-corrected chi connectivity index (χ0v) is 14.6. The monoisotopic (exact) mass is 408 g/mol. The first-order chi connectivity index (χ1) is 9.42. The second-order valence-corrected chi connectivity index (χ2v) is 6.43. The Morgan fingerprint density at radius 2 is 2.20 bits per heavy atom. The van der Waals surface area contributed by atoms with Gasteiger partial charge < -0.3 is 4.90 Å². The van der Waals surface area contributed by atoms with E-state index in [1.54, 1.807) is 29.8 Å². The van der Waals surface area contributed by atoms with E-state index in [9.17, 15) is 14.9 Å². The summed E-state index contributed by atoms with van der Waals surface area (Å²) in [5.74, 6) is 0.684. The molecule has 1 rings (SSSR count). The van der Waals surface area contributed by atoms with Crippen molar-refractivity contribution in [2.45, 2.75) is 19.4 Å². The lowest BCUT2D eigenvalue weighted by Crippen LogP contribution is -2.38. The number of hydrogen-bond acceptors (Lipinski definition) is 4. The molecule has 0 saturated heterocycles. The molecule has 1 amide bonds. The number of amides is 1. The van der Waals surface area contributed by atoms with Crippen molar-refractivity contribution in [1.82, 2.24) is 4.90 Å². The maximum atomic E-state index is 12.5. The van der Waals surface area contributed by atoms with Gasteiger partial charge in [-0.25, -0.2) is 0 Å². The van der Waals surface area contributed by atoms with Crippen LogP contribution in [0, 0.1) is 13.7 Å². The van der Waals surface area contributed by atoms with Gasteiger partial charge in [0.25, 0.3) is 11.6 Å². The van der Waals surface area contributed by atoms with Crippen LogP contribution >= 0.6 is 34.4 Å². The molecule has 1 atom stereocenters. The first-order valence-corrected chi connectivity index (χ1v) is 8.59. The van der Waals surface area contributed by atoms with Gasteiger partial charge in [0.05, 0.1) is 10.5 Å². The summed E-state index contributed by atoms with van der Waals surface area (Å²) in [5, 5.41) is 10.8. The molecule has 5 nitrogen and oxygen atoms in total. The predicted molar refractivity (Wildman–Crippen MR) is 90.4 cm³/mol. The van der Waals surface area contributed by atoms with Gasteiger partial charge in [-0.3, -0.25) is 14.9 Å². The fourth-order valence-corrected chi connectivity index (χ4v) is 3.25. The lowest BCUT2D eigenvalue weighted by molar-refractivity contribution is -0.384. The highest BCUT2D eigenvalue weighted by Gasteiger charge is 2.23. The van der Waals surface area contributed by atoms with Crippen LogP contribution in [0.4, 0.5) is 5.69 Å². The van der Waals surface area contributed by atoms with Crippen LogP contribution in [0.3, 0.4) is 0 Å². The summed E-state index contributed by atoms with van der Waals surface area (Å²) in [6.45, 7) is 2.03. The molecule has 0 spiro atoms. The van der Waals surface area contributed by atoms with E-state index in [0.29, 0.717) is 5.56 Å². The molecule has 1 unspecified atom stereocenters. The van der Waals surface area contributed by atoms with Crippen molar-refractivity contribution in [2.24, 2.45) is 0 Å². The van der Waals surface area contributed by atoms with Crippen molar-refractivity contribution in [3.8, 4) is 0 Å². The zero-order chi connectivity index (χ0) is 15.3. The minimum absolute atomic E-state index is 0.0555. The number of halogens is 1. The highest BCUT2D eigenvalue weighted by Crippen LogP contribution is 2.22. The number of nitro groups is 1. The van der Waals surface area contributed by atoms with E-state index in [1.807, 2.05) is 35.8 Å². The number of carbonyl (C=O) groups excluding carboxylic acids is 1. The first-order valence-electron chi connectivity index (χ1n) is 6.12. The maximum absolute atomic E-state index is 12.5. The molecular weight excluding hydrogens is 391 g/mol. The third kappa shape index (κ3) is 4.08. The third-order valence-corrected chi connectivity index (χ3v) is 4.75. The Morgan fingerprint density at radius 3 is 2.70 bits per heavy atom. The number of rotatable bonds is 6. The normalized spacial score (nSPS) is 12.0. The summed E-state index contributed by atoms with van der Waals surface area (Å²) in [5.41, 5.74) is 0.335. The predicted octanol–water partition coefficient (Wildman–Crippen LogP) is 3.41. The van der Waals surface area contributed by atoms with Gasteiger partial charge in [0.15, 0.2) is 0 Å². The molecule has 1 aromatic carbocycles. The number of nitro benzene ring substituents is 1. The van der Waals surface area contributed by atoms with Gasteiger partial charge in [-0.15, -0.1) is 0 Å². The van der Waals surface area contributed by atoms with E-state index in [2.05, 4.69) is 0 Å². The van der Waals surface area contributed by atoms with Crippen molar-refractivity contribution in [3.05, 3.63) is 37.4 Å². The van der Waals surface area contributed by atoms with E-state index in [1.165, 1.54) is 12.1 Å². The molecule has 0 aliphatic heterocycles. The Kier molecular flexibility index (Phi) is 6.74. The van der Waals surface area contributed by atoms with Crippen molar-refractivity contribution in [3.63, 3.8) is 0 Å². The molecule has 0 heterocycles. The minimum atomic E-state index is -0.480. The van der Waals surface area contributed by atoms with Gasteiger partial charge in [0.2, 0.25) is 0 Å². The zero-order valence-electron chi connectivity index (χ0n) is 11.6. The highest BCUT2D eigenvalue weighted by atomic mass is 127. The van der Waals surface area contributed by atoms with Gasteiger partial charge >= 0.3 is 0 Å². The Bertz CT molecular complexity index is 510. The van der Waals surface area contributed by atoms with E-state index in [4.69, 9.17) is 0 Å². The van der Waals surface area contributed by atoms with Crippen molar-refractivity contribution < 1.29 is 9.72 Å². The second-order valence-electron chi connectivity index (χ2n) is 4.35. The lowest BCUT2D eigenvalue weighted by Gasteiger charge is -2.27. The van der Waals surface area contributed by atoms with Crippen LogP contribution in [0.5, 0.6) is 0 Å². The number of non-ortho nitro benzene ring substituents is 1. The molecule has 0 aromatic heterocycles. The van der Waals surface area contributed by atoms with Crippen LogP contribution in [0.15, 0.2) is 18.2 Å². The van der Waals surface area contributed by atoms with Crippen LogP contribution in [0.2, 0.25) is 0 Å². The molecule has 110 valence electrons. The summed E-state index contributed by atoms with van der Waals surface area (Å²) in [7, 11) is 1.75. The van der Waals surface area contributed by atoms with Crippen LogP contribution in [0.25, 0.3) is 0 Å². The minimum Gasteiger partial charge on any atom is -0.338 e. The van der Waals surface area contributed by atoms with Crippen LogP contribution in [-0.4, -0.2) is 40.8 Å². The highest BCUT2D eigenvalue weighted by molar-refractivity contribution is 14.1. The lowest BCUT2D eigenvalue weighted by atomic mass is 10.1. The van der Waals surface area contributed by atoms with Gasteiger partial charge in [-0.2, -0.15) is 11.8 Å². The summed E-state index contributed by atoms with van der Waals surface area (Å²) >= 11 is 3.71. The average Bonchev–Trinajstić information content (AvgIpc) is 2.43. The number of hydrogen-bond donors (Lipinski definition) is 0. The maximum Gasteiger partial charge on any atom is 0.270 e. The van der Waals surface area contributed by atoms with Gasteiger partial charge in [-0.1, -0.05) is 6.92 Å². The SMILES string of the molecule is CCC(CSC)N(C)C(=O)c1cc([N+](=O)[O-])ccc1I. The van der Waals surface area contributed by atoms with Gasteiger partial charge in [0, 0.05) is 34.5 Å². The summed E-state index contributed by atoms with van der Waals surface area (Å²) < 4.78 is 0.726. The van der Waals surface area contributed by atoms with E-state index < -0.39 is 4.92 Å². The van der Waals surface area contributed by atoms with E-state index in [0.717, 1.165) is 15.7 Å². The van der Waals surface area contributed by atoms with Crippen molar-refractivity contribution in [1.29, 1.82) is 0 Å². The largest absolute Gasteiger partial charge is 0.338 e. The smallest absolute Gasteiger partial charge is 0.270 e. The Hall–Kier alpha value is -0.830. The number of nitrogens with zero attached hydrogens (tertiary/aromatic N) is 2. The fraction of sp³-hybridized carbons (Fsp3) is 0.462. The Labute approximate surface area is 136 Å². The molecule has 7 heteroatoms. The molecule has 20 heavy (non-hydrogen) atoms. The Morgan fingerprint density at radius 1 is 1.55 bits per heavy atom. The molecule has 0 bridgehead atoms. The third-order valence-electron chi connectivity index (χ3n) is 3.09. The Balaban J connectivity index is 3.07. The summed E-state index contributed by atoms with van der Waals surface area (Å²) in [6.07, 6.45) is 2.85. The molecule has 0 N–H and O–H groups in total. The average molecular weight is 408 g/mol. The van der Waals surface area contributed by atoms with Crippen molar-refractivity contribution >= 4 is 45.9 Å². The van der Waals surface area contributed by atoms with Crippen LogP contribution in [-0.2, 0) is 0 Å². The topological polar surface area (TPSA) is 63.5 Å². The van der Waals surface area contributed by atoms with Crippen molar-refractivity contribution in [2.75, 3.05) is 19.1 Å². The number of benzene rings is 1. The molecule has 0 radical (unpaired) electrons. The summed E-state index contributed by atoms with van der Waals surface area (Å²) in [6, 6.07) is 4.51. The molecule has 0 saturated carbocycles. The van der Waals surface area contributed by atoms with Crippen LogP contribution < -0.4 is 0 Å². The fourth-order valence-electron chi connectivity index (χ4n) is 1.84. The first kappa shape index (κ1) is 17.2. The summed E-state index contributed by atoms with van der Waals surface area (Å²) in [4.78, 5) is 24.5. The number of carbonyl (C=O) groups is 1. The van der Waals surface area contributed by atoms with Gasteiger partial charge in [-0.05, 0) is 41.3 Å². The standard InChI is InChI=1S/C13H17IN2O3S/c1-4-9(8-20-3)15(2)13(17)11-7-10(16(18)19)5-6-12(11)14/h5-7,9H,4,8H2,1-3H3. The molecule has 1 aromatic rings. The quantitative estimate of drug-likeness (QED) is 0.411. The molecule has 0 aliphatic carbocycles. The van der Waals surface area contributed by atoms with E-state index in [-0.39, 0.29) is 17.6 Å². The van der Waals surface area contributed by atoms with Gasteiger partial charge in [0.1, 0.15) is 0 Å². The molecule has 0 aliphatic rings. The number of thioether (sulfide) groups is 1. The van der Waals surface area contributed by atoms with Crippen LogP contribution in [0.1, 0.15) is 23.7 Å². The molecule has 0 fully saturated rings. The van der Waals surface area contributed by atoms with E-state index >= 15 is 0 Å². The molecular formula is C13H17IN2O3S. The second kappa shape index (κ2) is 7.82.